The van der Waals surface area contributed by atoms with Crippen LogP contribution in [0.2, 0.25) is 0 Å². The van der Waals surface area contributed by atoms with Crippen LogP contribution in [0, 0.1) is 19.8 Å². The number of hydrogen-bond acceptors (Lipinski definition) is 3. The van der Waals surface area contributed by atoms with Gasteiger partial charge in [0.2, 0.25) is 5.56 Å². The molecule has 0 bridgehead atoms. The van der Waals surface area contributed by atoms with E-state index in [0.717, 1.165) is 5.56 Å². The van der Waals surface area contributed by atoms with Gasteiger partial charge in [-0.15, -0.1) is 0 Å². The molecule has 2 amide bonds. The number of aromatic amines is 1. The number of nitrogens with one attached hydrogen (secondary N) is 3. The van der Waals surface area contributed by atoms with Gasteiger partial charge in [-0.05, 0) is 49.6 Å². The summed E-state index contributed by atoms with van der Waals surface area (Å²) in [6.07, 6.45) is 0. The van der Waals surface area contributed by atoms with Crippen LogP contribution >= 0.6 is 0 Å². The summed E-state index contributed by atoms with van der Waals surface area (Å²) in [4.78, 5) is 38.3. The van der Waals surface area contributed by atoms with Crippen LogP contribution in [-0.4, -0.2) is 23.3 Å². The van der Waals surface area contributed by atoms with Crippen molar-refractivity contribution >= 4 is 17.5 Å². The van der Waals surface area contributed by atoms with Gasteiger partial charge < -0.3 is 15.6 Å². The van der Waals surface area contributed by atoms with Gasteiger partial charge in [-0.3, -0.25) is 14.4 Å². The highest BCUT2D eigenvalue weighted by atomic mass is 16.2. The monoisotopic (exact) mass is 341 g/mol. The van der Waals surface area contributed by atoms with Crippen LogP contribution in [0.3, 0.4) is 0 Å². The summed E-state index contributed by atoms with van der Waals surface area (Å²) in [7, 11) is 0. The summed E-state index contributed by atoms with van der Waals surface area (Å²) < 4.78 is 0. The first-order valence-corrected chi connectivity index (χ1v) is 8.18. The van der Waals surface area contributed by atoms with Gasteiger partial charge in [-0.2, -0.15) is 0 Å². The Kier molecular flexibility index (Phi) is 5.75. The molecule has 132 valence electrons. The molecule has 0 radical (unpaired) electrons. The van der Waals surface area contributed by atoms with Gasteiger partial charge in [0.25, 0.3) is 11.8 Å². The fraction of sp³-hybridized carbons (Fsp3) is 0.316. The molecule has 0 aliphatic heterocycles. The van der Waals surface area contributed by atoms with Gasteiger partial charge in [0.1, 0.15) is 0 Å². The standard InChI is InChI=1S/C19H23N3O3/c1-11(2)10-20-18(24)14-5-7-16(12(3)9-14)22-19(25)15-6-8-17(23)21-13(15)4/h5-9,11H,10H2,1-4H3,(H,20,24)(H,21,23)(H,22,25). The second kappa shape index (κ2) is 7.79. The minimum absolute atomic E-state index is 0.133. The molecule has 1 heterocycles. The molecule has 0 aliphatic rings. The molecule has 0 saturated heterocycles. The number of aryl methyl sites for hydroxylation is 2. The second-order valence-electron chi connectivity index (χ2n) is 6.45. The van der Waals surface area contributed by atoms with Gasteiger partial charge in [-0.25, -0.2) is 0 Å². The third kappa shape index (κ3) is 4.79. The number of carbonyl (C=O) groups excluding carboxylic acids is 2. The number of amides is 2. The topological polar surface area (TPSA) is 91.1 Å². The van der Waals surface area contributed by atoms with Crippen molar-refractivity contribution in [3.8, 4) is 0 Å². The number of pyridine rings is 1. The highest BCUT2D eigenvalue weighted by molar-refractivity contribution is 6.05. The lowest BCUT2D eigenvalue weighted by Gasteiger charge is -2.12. The average Bonchev–Trinajstić information content (AvgIpc) is 2.54. The summed E-state index contributed by atoms with van der Waals surface area (Å²) in [5, 5.41) is 5.67. The summed E-state index contributed by atoms with van der Waals surface area (Å²) in [6.45, 7) is 8.17. The molecule has 0 fully saturated rings. The summed E-state index contributed by atoms with van der Waals surface area (Å²) >= 11 is 0. The average molecular weight is 341 g/mol. The van der Waals surface area contributed by atoms with Crippen molar-refractivity contribution in [2.24, 2.45) is 5.92 Å². The van der Waals surface area contributed by atoms with E-state index in [1.165, 1.54) is 12.1 Å². The van der Waals surface area contributed by atoms with E-state index in [1.54, 1.807) is 25.1 Å². The molecular formula is C19H23N3O3. The Morgan fingerprint density at radius 1 is 1.08 bits per heavy atom. The molecule has 1 aromatic heterocycles. The quantitative estimate of drug-likeness (QED) is 0.781. The number of anilines is 1. The van der Waals surface area contributed by atoms with Gasteiger partial charge in [0.15, 0.2) is 0 Å². The number of aromatic nitrogens is 1. The van der Waals surface area contributed by atoms with E-state index in [2.05, 4.69) is 15.6 Å². The first-order valence-electron chi connectivity index (χ1n) is 8.18. The minimum atomic E-state index is -0.311. The zero-order chi connectivity index (χ0) is 18.6. The Hall–Kier alpha value is -2.89. The van der Waals surface area contributed by atoms with Gasteiger partial charge >= 0.3 is 0 Å². The van der Waals surface area contributed by atoms with E-state index in [0.29, 0.717) is 35.0 Å². The summed E-state index contributed by atoms with van der Waals surface area (Å²) in [5.74, 6) is -0.0656. The maximum absolute atomic E-state index is 12.4. The molecule has 0 saturated carbocycles. The Morgan fingerprint density at radius 3 is 2.40 bits per heavy atom. The van der Waals surface area contributed by atoms with Gasteiger partial charge in [-0.1, -0.05) is 13.8 Å². The highest BCUT2D eigenvalue weighted by Gasteiger charge is 2.13. The van der Waals surface area contributed by atoms with Crippen molar-refractivity contribution in [1.82, 2.24) is 10.3 Å². The van der Waals surface area contributed by atoms with E-state index >= 15 is 0 Å². The van der Waals surface area contributed by atoms with Crippen molar-refractivity contribution in [3.63, 3.8) is 0 Å². The molecule has 0 unspecified atom stereocenters. The SMILES string of the molecule is Cc1cc(C(=O)NCC(C)C)ccc1NC(=O)c1ccc(=O)[nH]c1C. The van der Waals surface area contributed by atoms with Crippen LogP contribution in [0.4, 0.5) is 5.69 Å². The van der Waals surface area contributed by atoms with Crippen molar-refractivity contribution in [2.45, 2.75) is 27.7 Å². The van der Waals surface area contributed by atoms with Crippen LogP contribution in [0.15, 0.2) is 35.1 Å². The molecular weight excluding hydrogens is 318 g/mol. The smallest absolute Gasteiger partial charge is 0.257 e. The summed E-state index contributed by atoms with van der Waals surface area (Å²) in [6, 6.07) is 7.94. The van der Waals surface area contributed by atoms with E-state index in [9.17, 15) is 14.4 Å². The van der Waals surface area contributed by atoms with Crippen LogP contribution in [0.25, 0.3) is 0 Å². The van der Waals surface area contributed by atoms with Gasteiger partial charge in [0.05, 0.1) is 5.56 Å². The molecule has 0 spiro atoms. The molecule has 6 heteroatoms. The lowest BCUT2D eigenvalue weighted by Crippen LogP contribution is -2.27. The Labute approximate surface area is 146 Å². The van der Waals surface area contributed by atoms with Gasteiger partial charge in [0, 0.05) is 29.6 Å². The molecule has 1 aromatic carbocycles. The molecule has 0 aliphatic carbocycles. The van der Waals surface area contributed by atoms with E-state index in [-0.39, 0.29) is 17.4 Å². The van der Waals surface area contributed by atoms with Crippen molar-refractivity contribution in [2.75, 3.05) is 11.9 Å². The number of hydrogen-bond donors (Lipinski definition) is 3. The third-order valence-electron chi connectivity index (χ3n) is 3.77. The molecule has 0 atom stereocenters. The van der Waals surface area contributed by atoms with Crippen molar-refractivity contribution in [1.29, 1.82) is 0 Å². The first-order chi connectivity index (χ1) is 11.8. The number of H-pyrrole nitrogens is 1. The van der Waals surface area contributed by atoms with Crippen LogP contribution in [0.5, 0.6) is 0 Å². The lowest BCUT2D eigenvalue weighted by molar-refractivity contribution is 0.0948. The van der Waals surface area contributed by atoms with Crippen LogP contribution in [0.1, 0.15) is 45.8 Å². The predicted molar refractivity (Wildman–Crippen MR) is 98.1 cm³/mol. The lowest BCUT2D eigenvalue weighted by atomic mass is 10.1. The normalized spacial score (nSPS) is 10.6. The van der Waals surface area contributed by atoms with E-state index in [4.69, 9.17) is 0 Å². The minimum Gasteiger partial charge on any atom is -0.352 e. The maximum Gasteiger partial charge on any atom is 0.257 e. The molecule has 25 heavy (non-hydrogen) atoms. The molecule has 3 N–H and O–H groups in total. The Morgan fingerprint density at radius 2 is 1.80 bits per heavy atom. The Bertz CT molecular complexity index is 853. The summed E-state index contributed by atoms with van der Waals surface area (Å²) in [5.41, 5.74) is 2.62. The number of rotatable bonds is 5. The second-order valence-corrected chi connectivity index (χ2v) is 6.45. The zero-order valence-corrected chi connectivity index (χ0v) is 14.9. The fourth-order valence-corrected chi connectivity index (χ4v) is 2.36. The van der Waals surface area contributed by atoms with Crippen molar-refractivity contribution in [3.05, 3.63) is 63.1 Å². The highest BCUT2D eigenvalue weighted by Crippen LogP contribution is 2.18. The third-order valence-corrected chi connectivity index (χ3v) is 3.77. The van der Waals surface area contributed by atoms with Crippen molar-refractivity contribution < 1.29 is 9.59 Å². The van der Waals surface area contributed by atoms with E-state index in [1.807, 2.05) is 20.8 Å². The molecule has 2 rings (SSSR count). The number of carbonyl (C=O) groups is 2. The van der Waals surface area contributed by atoms with Crippen LogP contribution < -0.4 is 16.2 Å². The molecule has 2 aromatic rings. The maximum atomic E-state index is 12.4. The first kappa shape index (κ1) is 18.4. The zero-order valence-electron chi connectivity index (χ0n) is 14.9. The fourth-order valence-electron chi connectivity index (χ4n) is 2.36. The largest absolute Gasteiger partial charge is 0.352 e. The van der Waals surface area contributed by atoms with E-state index < -0.39 is 0 Å². The predicted octanol–water partition coefficient (Wildman–Crippen LogP) is 2.63. The number of benzene rings is 1. The molecule has 6 nitrogen and oxygen atoms in total. The van der Waals surface area contributed by atoms with Crippen LogP contribution in [-0.2, 0) is 0 Å². The Balaban J connectivity index is 2.14.